The molecule has 0 radical (unpaired) electrons. The molecular formula is C11H23NO. The van der Waals surface area contributed by atoms with Gasteiger partial charge in [0.15, 0.2) is 0 Å². The van der Waals surface area contributed by atoms with Crippen LogP contribution >= 0.6 is 0 Å². The van der Waals surface area contributed by atoms with Crippen molar-refractivity contribution in [3.63, 3.8) is 0 Å². The lowest BCUT2D eigenvalue weighted by molar-refractivity contribution is -0.00955. The van der Waals surface area contributed by atoms with Gasteiger partial charge < -0.3 is 10.1 Å². The van der Waals surface area contributed by atoms with Crippen LogP contribution in [0, 0.1) is 0 Å². The normalized spacial score (nSPS) is 14.2. The minimum absolute atomic E-state index is 0.130. The van der Waals surface area contributed by atoms with Crippen molar-refractivity contribution in [2.45, 2.75) is 45.8 Å². The van der Waals surface area contributed by atoms with Crippen LogP contribution in [0.5, 0.6) is 0 Å². The Labute approximate surface area is 82.4 Å². The molecule has 0 spiro atoms. The first-order chi connectivity index (χ1) is 5.94. The Morgan fingerprint density at radius 2 is 2.08 bits per heavy atom. The largest absolute Gasteiger partial charge is 0.377 e. The Morgan fingerprint density at radius 3 is 2.38 bits per heavy atom. The number of rotatable bonds is 6. The van der Waals surface area contributed by atoms with Crippen LogP contribution in [0.25, 0.3) is 0 Å². The summed E-state index contributed by atoms with van der Waals surface area (Å²) in [6.07, 6.45) is 0.967. The monoisotopic (exact) mass is 185 g/mol. The van der Waals surface area contributed by atoms with E-state index in [1.165, 1.54) is 5.57 Å². The fourth-order valence-corrected chi connectivity index (χ4v) is 1.30. The van der Waals surface area contributed by atoms with E-state index < -0.39 is 0 Å². The zero-order valence-electron chi connectivity index (χ0n) is 9.61. The summed E-state index contributed by atoms with van der Waals surface area (Å²) in [6, 6.07) is 0.347. The number of hydrogen-bond donors (Lipinski definition) is 1. The van der Waals surface area contributed by atoms with Crippen LogP contribution in [0.15, 0.2) is 12.2 Å². The average Bonchev–Trinajstić information content (AvgIpc) is 2.03. The van der Waals surface area contributed by atoms with E-state index >= 15 is 0 Å². The Hall–Kier alpha value is -0.340. The molecule has 0 heterocycles. The van der Waals surface area contributed by atoms with Crippen LogP contribution in [0.4, 0.5) is 0 Å². The number of nitrogens with one attached hydrogen (secondary N) is 1. The third-order valence-electron chi connectivity index (χ3n) is 2.37. The van der Waals surface area contributed by atoms with Gasteiger partial charge in [0, 0.05) is 13.2 Å². The molecule has 0 bridgehead atoms. The molecule has 78 valence electrons. The van der Waals surface area contributed by atoms with E-state index in [0.717, 1.165) is 13.0 Å². The Morgan fingerprint density at radius 1 is 1.54 bits per heavy atom. The summed E-state index contributed by atoms with van der Waals surface area (Å²) in [5, 5.41) is 3.42. The van der Waals surface area contributed by atoms with E-state index in [1.807, 2.05) is 0 Å². The second-order valence-corrected chi connectivity index (χ2v) is 4.08. The van der Waals surface area contributed by atoms with Gasteiger partial charge in [-0.25, -0.2) is 0 Å². The van der Waals surface area contributed by atoms with Gasteiger partial charge in [0.05, 0.1) is 5.60 Å². The van der Waals surface area contributed by atoms with Gasteiger partial charge in [-0.2, -0.15) is 0 Å². The molecule has 0 aromatic rings. The lowest BCUT2D eigenvalue weighted by atomic mass is 9.93. The standard InChI is InChI=1S/C11H23NO/c1-7-12-10(8-9(2)3)11(4,5)13-6/h10,12H,2,7-8H2,1,3-6H3. The minimum Gasteiger partial charge on any atom is -0.377 e. The zero-order valence-corrected chi connectivity index (χ0v) is 9.61. The highest BCUT2D eigenvalue weighted by atomic mass is 16.5. The highest BCUT2D eigenvalue weighted by molar-refractivity contribution is 4.98. The molecule has 0 rings (SSSR count). The molecule has 0 aliphatic carbocycles. The maximum Gasteiger partial charge on any atom is 0.0778 e. The maximum atomic E-state index is 5.45. The van der Waals surface area contributed by atoms with Crippen LogP contribution in [0.1, 0.15) is 34.1 Å². The SMILES string of the molecule is C=C(C)CC(NCC)C(C)(C)OC. The summed E-state index contributed by atoms with van der Waals surface area (Å²) in [6.45, 7) is 13.3. The maximum absolute atomic E-state index is 5.45. The van der Waals surface area contributed by atoms with E-state index in [2.05, 4.69) is 39.6 Å². The second-order valence-electron chi connectivity index (χ2n) is 4.08. The molecule has 0 saturated heterocycles. The Kier molecular flexibility index (Phi) is 5.26. The molecule has 0 saturated carbocycles. The van der Waals surface area contributed by atoms with Crippen molar-refractivity contribution in [2.24, 2.45) is 0 Å². The highest BCUT2D eigenvalue weighted by Gasteiger charge is 2.28. The fraction of sp³-hybridized carbons (Fsp3) is 0.818. The summed E-state index contributed by atoms with van der Waals surface area (Å²) in [5.74, 6) is 0. The first-order valence-electron chi connectivity index (χ1n) is 4.87. The van der Waals surface area contributed by atoms with Crippen LogP contribution in [0.2, 0.25) is 0 Å². The van der Waals surface area contributed by atoms with Crippen molar-refractivity contribution in [1.29, 1.82) is 0 Å². The number of ether oxygens (including phenoxy) is 1. The third-order valence-corrected chi connectivity index (χ3v) is 2.37. The fourth-order valence-electron chi connectivity index (χ4n) is 1.30. The molecule has 1 unspecified atom stereocenters. The lowest BCUT2D eigenvalue weighted by Crippen LogP contribution is -2.48. The van der Waals surface area contributed by atoms with Gasteiger partial charge in [-0.15, -0.1) is 6.58 Å². The quantitative estimate of drug-likeness (QED) is 0.641. The van der Waals surface area contributed by atoms with Gasteiger partial charge in [0.2, 0.25) is 0 Å². The average molecular weight is 185 g/mol. The summed E-state index contributed by atoms with van der Waals surface area (Å²) in [7, 11) is 1.75. The van der Waals surface area contributed by atoms with Gasteiger partial charge in [0.1, 0.15) is 0 Å². The van der Waals surface area contributed by atoms with Crippen LogP contribution in [0.3, 0.4) is 0 Å². The predicted octanol–water partition coefficient (Wildman–Crippen LogP) is 2.36. The van der Waals surface area contributed by atoms with Crippen molar-refractivity contribution < 1.29 is 4.74 Å². The Balaban J connectivity index is 4.30. The van der Waals surface area contributed by atoms with E-state index in [1.54, 1.807) is 7.11 Å². The molecule has 0 fully saturated rings. The first-order valence-corrected chi connectivity index (χ1v) is 4.87. The van der Waals surface area contributed by atoms with Crippen molar-refractivity contribution in [1.82, 2.24) is 5.32 Å². The van der Waals surface area contributed by atoms with Crippen LogP contribution < -0.4 is 5.32 Å². The van der Waals surface area contributed by atoms with Crippen molar-refractivity contribution in [2.75, 3.05) is 13.7 Å². The van der Waals surface area contributed by atoms with Crippen molar-refractivity contribution in [3.05, 3.63) is 12.2 Å². The van der Waals surface area contributed by atoms with Gasteiger partial charge in [-0.3, -0.25) is 0 Å². The highest BCUT2D eigenvalue weighted by Crippen LogP contribution is 2.19. The third kappa shape index (κ3) is 4.44. The van der Waals surface area contributed by atoms with Gasteiger partial charge in [-0.1, -0.05) is 12.5 Å². The summed E-state index contributed by atoms with van der Waals surface area (Å²) >= 11 is 0. The van der Waals surface area contributed by atoms with E-state index in [0.29, 0.717) is 6.04 Å². The smallest absolute Gasteiger partial charge is 0.0778 e. The molecule has 0 amide bonds. The van der Waals surface area contributed by atoms with Crippen LogP contribution in [-0.4, -0.2) is 25.3 Å². The van der Waals surface area contributed by atoms with E-state index in [-0.39, 0.29) is 5.60 Å². The number of likely N-dealkylation sites (N-methyl/N-ethyl adjacent to an activating group) is 1. The van der Waals surface area contributed by atoms with Crippen molar-refractivity contribution >= 4 is 0 Å². The Bertz CT molecular complexity index is 163. The summed E-state index contributed by atoms with van der Waals surface area (Å²) < 4.78 is 5.45. The molecule has 0 aromatic heterocycles. The second kappa shape index (κ2) is 5.40. The topological polar surface area (TPSA) is 21.3 Å². The predicted molar refractivity (Wildman–Crippen MR) is 58.0 cm³/mol. The summed E-state index contributed by atoms with van der Waals surface area (Å²) in [5.41, 5.74) is 1.06. The molecule has 13 heavy (non-hydrogen) atoms. The van der Waals surface area contributed by atoms with Gasteiger partial charge in [-0.05, 0) is 33.7 Å². The molecule has 0 aliphatic heterocycles. The molecule has 0 aromatic carbocycles. The lowest BCUT2D eigenvalue weighted by Gasteiger charge is -2.34. The molecular weight excluding hydrogens is 162 g/mol. The molecule has 1 atom stereocenters. The molecule has 2 nitrogen and oxygen atoms in total. The first kappa shape index (κ1) is 12.7. The zero-order chi connectivity index (χ0) is 10.5. The van der Waals surface area contributed by atoms with Gasteiger partial charge in [0.25, 0.3) is 0 Å². The minimum atomic E-state index is -0.130. The molecule has 2 heteroatoms. The summed E-state index contributed by atoms with van der Waals surface area (Å²) in [4.78, 5) is 0. The van der Waals surface area contributed by atoms with Gasteiger partial charge >= 0.3 is 0 Å². The van der Waals surface area contributed by atoms with E-state index in [4.69, 9.17) is 4.74 Å². The molecule has 0 aliphatic rings. The van der Waals surface area contributed by atoms with Crippen LogP contribution in [-0.2, 0) is 4.74 Å². The number of methoxy groups -OCH3 is 1. The molecule has 1 N–H and O–H groups in total. The van der Waals surface area contributed by atoms with E-state index in [9.17, 15) is 0 Å². The van der Waals surface area contributed by atoms with Crippen molar-refractivity contribution in [3.8, 4) is 0 Å². The number of hydrogen-bond acceptors (Lipinski definition) is 2.